The Hall–Kier alpha value is -7.57. The third-order valence-electron chi connectivity index (χ3n) is 11.6. The Kier molecular flexibility index (Phi) is 16.1. The zero-order chi connectivity index (χ0) is 53.8. The van der Waals surface area contributed by atoms with Crippen LogP contribution in [-0.2, 0) is 37.9 Å². The van der Waals surface area contributed by atoms with Gasteiger partial charge in [-0.1, -0.05) is 0 Å². The Morgan fingerprint density at radius 1 is 0.547 bits per heavy atom. The van der Waals surface area contributed by atoms with Crippen LogP contribution in [0.4, 0.5) is 52.7 Å². The van der Waals surface area contributed by atoms with Gasteiger partial charge in [0.05, 0.1) is 47.6 Å². The van der Waals surface area contributed by atoms with E-state index in [2.05, 4.69) is 25.3 Å². The average molecular weight is 1080 g/mol. The van der Waals surface area contributed by atoms with Crippen LogP contribution in [0.2, 0.25) is 0 Å². The number of hydrogen-bond donors (Lipinski definition) is 1. The molecule has 0 saturated carbocycles. The van der Waals surface area contributed by atoms with Crippen molar-refractivity contribution < 1.29 is 62.2 Å². The number of pyridine rings is 2. The van der Waals surface area contributed by atoms with Crippen molar-refractivity contribution in [3.05, 3.63) is 187 Å². The highest BCUT2D eigenvalue weighted by Gasteiger charge is 2.37. The highest BCUT2D eigenvalue weighted by atomic mass is 35.5. The van der Waals surface area contributed by atoms with Crippen LogP contribution in [0.1, 0.15) is 46.2 Å². The molecule has 0 spiro atoms. The number of ether oxygens (including phenoxy) is 2. The Morgan fingerprint density at radius 2 is 0.947 bits per heavy atom. The van der Waals surface area contributed by atoms with Crippen molar-refractivity contribution in [1.29, 1.82) is 0 Å². The lowest BCUT2D eigenvalue weighted by Crippen LogP contribution is -2.36. The Labute approximate surface area is 420 Å². The lowest BCUT2D eigenvalue weighted by molar-refractivity contribution is -0.139. The molecule has 12 nitrogen and oxygen atoms in total. The first-order chi connectivity index (χ1) is 35.6. The number of halogens is 13. The molecule has 2 aliphatic heterocycles. The molecule has 0 amide bonds. The maximum absolute atomic E-state index is 14.1. The average Bonchev–Trinajstić information content (AvgIpc) is 3.31. The van der Waals surface area contributed by atoms with Crippen molar-refractivity contribution in [3.63, 3.8) is 0 Å². The Balaban J connectivity index is 0.000000186. The molecule has 75 heavy (non-hydrogen) atoms. The summed E-state index contributed by atoms with van der Waals surface area (Å²) < 4.78 is 178. The van der Waals surface area contributed by atoms with Crippen molar-refractivity contribution in [3.8, 4) is 23.3 Å². The van der Waals surface area contributed by atoms with E-state index in [1.807, 2.05) is 4.90 Å². The molecule has 2 saturated heterocycles. The zero-order valence-corrected chi connectivity index (χ0v) is 39.2. The summed E-state index contributed by atoms with van der Waals surface area (Å²) in [7, 11) is 0. The van der Waals surface area contributed by atoms with E-state index in [1.54, 1.807) is 0 Å². The number of benzene rings is 4. The molecule has 392 valence electrons. The molecule has 0 unspecified atom stereocenters. The number of fused-ring (bicyclic) bond motifs is 2. The molecule has 0 bridgehead atoms. The molecule has 0 aliphatic carbocycles. The van der Waals surface area contributed by atoms with Gasteiger partial charge in [0.15, 0.2) is 0 Å². The summed E-state index contributed by atoms with van der Waals surface area (Å²) in [6.45, 7) is 3.61. The highest BCUT2D eigenvalue weighted by Crippen LogP contribution is 2.40. The Morgan fingerprint density at radius 3 is 1.31 bits per heavy atom. The van der Waals surface area contributed by atoms with Crippen molar-refractivity contribution in [2.45, 2.75) is 50.7 Å². The van der Waals surface area contributed by atoms with Crippen LogP contribution in [0.15, 0.2) is 107 Å². The number of rotatable bonds is 11. The van der Waals surface area contributed by atoms with Gasteiger partial charge in [-0.25, -0.2) is 36.3 Å². The number of aromatic nitrogens is 6. The monoisotopic (exact) mass is 1080 g/mol. The highest BCUT2D eigenvalue weighted by molar-refractivity contribution is 6.17. The predicted molar refractivity (Wildman–Crippen MR) is 248 cm³/mol. The van der Waals surface area contributed by atoms with Gasteiger partial charge in [0.2, 0.25) is 11.8 Å². The third-order valence-corrected chi connectivity index (χ3v) is 11.9. The van der Waals surface area contributed by atoms with Gasteiger partial charge in [-0.05, 0) is 98.7 Å². The van der Waals surface area contributed by atoms with Crippen LogP contribution < -0.4 is 25.9 Å². The van der Waals surface area contributed by atoms with Gasteiger partial charge >= 0.3 is 12.4 Å². The van der Waals surface area contributed by atoms with Gasteiger partial charge in [0, 0.05) is 60.2 Å². The minimum atomic E-state index is -4.78. The molecule has 8 aromatic rings. The van der Waals surface area contributed by atoms with Crippen molar-refractivity contribution in [2.75, 3.05) is 26.2 Å². The fourth-order valence-electron chi connectivity index (χ4n) is 7.46. The van der Waals surface area contributed by atoms with Crippen LogP contribution in [0, 0.1) is 34.9 Å². The topological polar surface area (TPSA) is 129 Å². The second-order valence-electron chi connectivity index (χ2n) is 16.9. The van der Waals surface area contributed by atoms with Crippen LogP contribution in [-0.4, -0.2) is 60.1 Å². The largest absolute Gasteiger partial charge is 0.438 e. The summed E-state index contributed by atoms with van der Waals surface area (Å²) in [5.41, 5.74) is -3.74. The van der Waals surface area contributed by atoms with E-state index in [4.69, 9.17) is 21.1 Å². The molecule has 0 atom stereocenters. The first-order valence-corrected chi connectivity index (χ1v) is 22.9. The molecule has 6 heterocycles. The van der Waals surface area contributed by atoms with Gasteiger partial charge < -0.3 is 23.9 Å². The van der Waals surface area contributed by atoms with Gasteiger partial charge in [0.1, 0.15) is 57.5 Å². The number of likely N-dealkylation sites (tertiary alicyclic amines) is 1. The third kappa shape index (κ3) is 12.9. The van der Waals surface area contributed by atoms with E-state index >= 15 is 0 Å². The van der Waals surface area contributed by atoms with Gasteiger partial charge in [0.25, 0.3) is 11.1 Å². The van der Waals surface area contributed by atoms with Crippen LogP contribution >= 0.6 is 11.6 Å². The standard InChI is InChI=1S/C25H18F6N4O2.C22H12ClF6N3O2.C3H7N/c26-15-7-20(27)18(21(28)8-15)12-35-13-33-23(36)17-9-16(2-3-22(17)35)37-24-19(25(29,30)31)6-14(10-32-24)11-34-4-1-5-34;23-7-11-3-16(22(27,28)29)21(30-8-11)34-13-1-2-19-14(6-13)20(33)31-10-32(19)9-15-17(25)4-12(24)5-18(15)26;1-2-4-3-1/h2-3,6-10,13H,1,4-5,11-12H2;1-6,8,10H,7,9H2;4H,1-3H2. The van der Waals surface area contributed by atoms with E-state index in [0.717, 1.165) is 56.6 Å². The molecule has 0 radical (unpaired) electrons. The Bertz CT molecular complexity index is 3480. The second kappa shape index (κ2) is 22.5. The van der Waals surface area contributed by atoms with Gasteiger partial charge in [-0.15, -0.1) is 11.6 Å². The van der Waals surface area contributed by atoms with E-state index < -0.39 is 105 Å². The molecule has 2 fully saturated rings. The fourth-order valence-corrected chi connectivity index (χ4v) is 7.61. The zero-order valence-electron chi connectivity index (χ0n) is 38.5. The SMILES string of the molecule is C1CNC1.O=c1ncn(Cc2c(F)cc(F)cc2F)c2ccc(Oc3ncc(CCl)cc3C(F)(F)F)cc12.O=c1ncn(Cc2c(F)cc(F)cc2F)c2ccc(Oc3ncc(CN4CCC4)cc3C(F)(F)F)cc12. The minimum absolute atomic E-state index is 0.0640. The van der Waals surface area contributed by atoms with Crippen LogP contribution in [0.25, 0.3) is 21.8 Å². The molecular weight excluding hydrogens is 1040 g/mol. The summed E-state index contributed by atoms with van der Waals surface area (Å²) in [6, 6.07) is 11.4. The van der Waals surface area contributed by atoms with Gasteiger partial charge in [-0.3, -0.25) is 14.5 Å². The van der Waals surface area contributed by atoms with E-state index in [9.17, 15) is 62.3 Å². The molecule has 4 aromatic carbocycles. The van der Waals surface area contributed by atoms with Gasteiger partial charge in [-0.2, -0.15) is 36.3 Å². The van der Waals surface area contributed by atoms with E-state index in [-0.39, 0.29) is 44.7 Å². The van der Waals surface area contributed by atoms with E-state index in [0.29, 0.717) is 36.4 Å². The molecule has 25 heteroatoms. The number of nitrogens with one attached hydrogen (secondary N) is 1. The summed E-state index contributed by atoms with van der Waals surface area (Å²) in [5.74, 6) is -8.55. The van der Waals surface area contributed by atoms with Crippen molar-refractivity contribution in [1.82, 2.24) is 39.3 Å². The van der Waals surface area contributed by atoms with Crippen LogP contribution in [0.3, 0.4) is 0 Å². The first-order valence-electron chi connectivity index (χ1n) is 22.4. The summed E-state index contributed by atoms with van der Waals surface area (Å²) in [6.07, 6.45) is -2.59. The second-order valence-corrected chi connectivity index (χ2v) is 17.1. The lowest BCUT2D eigenvalue weighted by atomic mass is 10.1. The van der Waals surface area contributed by atoms with Crippen molar-refractivity contribution in [2.24, 2.45) is 0 Å². The summed E-state index contributed by atoms with van der Waals surface area (Å²) >= 11 is 5.59. The maximum atomic E-state index is 14.1. The van der Waals surface area contributed by atoms with Crippen LogP contribution in [0.5, 0.6) is 23.3 Å². The van der Waals surface area contributed by atoms with E-state index in [1.165, 1.54) is 65.2 Å². The number of nitrogens with zero attached hydrogens (tertiary/aromatic N) is 7. The fraction of sp³-hybridized carbons (Fsp3) is 0.240. The molecule has 2 aliphatic rings. The maximum Gasteiger partial charge on any atom is 0.421 e. The molecule has 1 N–H and O–H groups in total. The summed E-state index contributed by atoms with van der Waals surface area (Å²) in [4.78, 5) is 41.5. The molecule has 4 aromatic heterocycles. The number of alkyl halides is 7. The lowest BCUT2D eigenvalue weighted by Gasteiger charge is -2.30. The minimum Gasteiger partial charge on any atom is -0.438 e. The normalized spacial score (nSPS) is 13.6. The smallest absolute Gasteiger partial charge is 0.421 e. The molecule has 10 rings (SSSR count). The predicted octanol–water partition coefficient (Wildman–Crippen LogP) is 11.1. The summed E-state index contributed by atoms with van der Waals surface area (Å²) in [5, 5.41) is 2.96. The molecular formula is C50H37ClF12N8O4. The first kappa shape index (κ1) is 53.7. The number of hydrogen-bond acceptors (Lipinski definition) is 10. The quantitative estimate of drug-likeness (QED) is 0.0987. The van der Waals surface area contributed by atoms with Crippen molar-refractivity contribution >= 4 is 33.4 Å².